The van der Waals surface area contributed by atoms with Crippen molar-refractivity contribution in [3.05, 3.63) is 23.8 Å². The largest absolute Gasteiger partial charge is 0.326 e. The van der Waals surface area contributed by atoms with Crippen molar-refractivity contribution in [3.63, 3.8) is 0 Å². The van der Waals surface area contributed by atoms with Crippen molar-refractivity contribution in [1.29, 1.82) is 0 Å². The average Bonchev–Trinajstić information content (AvgIpc) is 2.31. The summed E-state index contributed by atoms with van der Waals surface area (Å²) in [5.74, 6) is -0.206. The summed E-state index contributed by atoms with van der Waals surface area (Å²) >= 11 is 0. The Morgan fingerprint density at radius 2 is 1.89 bits per heavy atom. The van der Waals surface area contributed by atoms with Crippen LogP contribution in [0.3, 0.4) is 0 Å². The Morgan fingerprint density at radius 1 is 1.22 bits per heavy atom. The minimum absolute atomic E-state index is 0.0934. The number of aryl methyl sites for hydroxylation is 1. The molecule has 0 spiro atoms. The van der Waals surface area contributed by atoms with Crippen molar-refractivity contribution in [2.75, 3.05) is 17.7 Å². The van der Waals surface area contributed by atoms with Crippen LogP contribution in [0, 0.1) is 6.92 Å². The molecule has 0 aromatic heterocycles. The molecule has 18 heavy (non-hydrogen) atoms. The number of hydrogen-bond donors (Lipinski definition) is 3. The molecule has 0 aliphatic heterocycles. The van der Waals surface area contributed by atoms with E-state index >= 15 is 0 Å². The highest BCUT2D eigenvalue weighted by molar-refractivity contribution is 5.95. The summed E-state index contributed by atoms with van der Waals surface area (Å²) in [7, 11) is 1.73. The molecule has 1 aromatic rings. The van der Waals surface area contributed by atoms with Crippen molar-refractivity contribution < 1.29 is 9.59 Å². The highest BCUT2D eigenvalue weighted by Gasteiger charge is 2.10. The minimum Gasteiger partial charge on any atom is -0.326 e. The van der Waals surface area contributed by atoms with Crippen molar-refractivity contribution in [2.24, 2.45) is 0 Å². The zero-order valence-corrected chi connectivity index (χ0v) is 11.1. The Hall–Kier alpha value is -1.88. The molecule has 1 aromatic carbocycles. The number of hydrogen-bond acceptors (Lipinski definition) is 3. The van der Waals surface area contributed by atoms with Gasteiger partial charge in [0.2, 0.25) is 11.8 Å². The van der Waals surface area contributed by atoms with Crippen molar-refractivity contribution >= 4 is 23.2 Å². The van der Waals surface area contributed by atoms with E-state index in [2.05, 4.69) is 16.0 Å². The number of nitrogens with one attached hydrogen (secondary N) is 3. The third-order valence-electron chi connectivity index (χ3n) is 2.63. The fourth-order valence-electron chi connectivity index (χ4n) is 1.45. The van der Waals surface area contributed by atoms with E-state index in [-0.39, 0.29) is 17.9 Å². The van der Waals surface area contributed by atoms with Crippen LogP contribution in [0.15, 0.2) is 18.2 Å². The SMILES string of the molecule is CNC(C)C(=O)Nc1ccc(NC(C)=O)c(C)c1. The van der Waals surface area contributed by atoms with E-state index in [4.69, 9.17) is 0 Å². The third-order valence-corrected chi connectivity index (χ3v) is 2.63. The van der Waals surface area contributed by atoms with Gasteiger partial charge in [0.15, 0.2) is 0 Å². The lowest BCUT2D eigenvalue weighted by molar-refractivity contribution is -0.117. The number of likely N-dealkylation sites (N-methyl/N-ethyl adjacent to an activating group) is 1. The predicted octanol–water partition coefficient (Wildman–Crippen LogP) is 1.50. The summed E-state index contributed by atoms with van der Waals surface area (Å²) in [6.45, 7) is 5.13. The molecule has 1 rings (SSSR count). The molecule has 0 saturated heterocycles. The van der Waals surface area contributed by atoms with E-state index in [0.29, 0.717) is 5.69 Å². The molecule has 5 nitrogen and oxygen atoms in total. The number of rotatable bonds is 4. The van der Waals surface area contributed by atoms with Gasteiger partial charge in [-0.15, -0.1) is 0 Å². The predicted molar refractivity (Wildman–Crippen MR) is 72.6 cm³/mol. The number of carbonyl (C=O) groups is 2. The van der Waals surface area contributed by atoms with Gasteiger partial charge in [0, 0.05) is 18.3 Å². The van der Waals surface area contributed by atoms with Gasteiger partial charge >= 0.3 is 0 Å². The van der Waals surface area contributed by atoms with E-state index in [1.165, 1.54) is 6.92 Å². The molecule has 0 bridgehead atoms. The molecule has 0 aliphatic rings. The zero-order chi connectivity index (χ0) is 13.7. The van der Waals surface area contributed by atoms with E-state index in [0.717, 1.165) is 11.3 Å². The number of anilines is 2. The second-order valence-corrected chi connectivity index (χ2v) is 4.21. The van der Waals surface area contributed by atoms with Crippen LogP contribution in [-0.2, 0) is 9.59 Å². The minimum atomic E-state index is -0.250. The fraction of sp³-hybridized carbons (Fsp3) is 0.385. The van der Waals surface area contributed by atoms with Crippen LogP contribution in [0.25, 0.3) is 0 Å². The number of benzene rings is 1. The van der Waals surface area contributed by atoms with Gasteiger partial charge < -0.3 is 16.0 Å². The smallest absolute Gasteiger partial charge is 0.241 e. The normalized spacial score (nSPS) is 11.8. The van der Waals surface area contributed by atoms with Gasteiger partial charge in [-0.3, -0.25) is 9.59 Å². The van der Waals surface area contributed by atoms with Gasteiger partial charge in [0.1, 0.15) is 0 Å². The standard InChI is InChI=1S/C13H19N3O2/c1-8-7-11(16-13(18)9(2)14-4)5-6-12(8)15-10(3)17/h5-7,9,14H,1-4H3,(H,15,17)(H,16,18). The molecule has 2 amide bonds. The molecule has 98 valence electrons. The summed E-state index contributed by atoms with van der Waals surface area (Å²) < 4.78 is 0. The maximum atomic E-state index is 11.7. The van der Waals surface area contributed by atoms with Crippen LogP contribution in [0.4, 0.5) is 11.4 Å². The molecule has 0 radical (unpaired) electrons. The first kappa shape index (κ1) is 14.2. The molecule has 0 heterocycles. The molecule has 0 fully saturated rings. The van der Waals surface area contributed by atoms with Gasteiger partial charge in [-0.25, -0.2) is 0 Å². The Labute approximate surface area is 107 Å². The lowest BCUT2D eigenvalue weighted by Gasteiger charge is -2.13. The Balaban J connectivity index is 2.78. The van der Waals surface area contributed by atoms with E-state index in [1.54, 1.807) is 26.1 Å². The van der Waals surface area contributed by atoms with Crippen LogP contribution >= 0.6 is 0 Å². The van der Waals surface area contributed by atoms with Gasteiger partial charge in [-0.05, 0) is 44.7 Å². The maximum absolute atomic E-state index is 11.7. The first-order valence-corrected chi connectivity index (χ1v) is 5.80. The lowest BCUT2D eigenvalue weighted by atomic mass is 10.1. The van der Waals surface area contributed by atoms with E-state index in [9.17, 15) is 9.59 Å². The van der Waals surface area contributed by atoms with Crippen LogP contribution < -0.4 is 16.0 Å². The Kier molecular flexibility index (Phi) is 4.85. The van der Waals surface area contributed by atoms with Crippen LogP contribution in [0.2, 0.25) is 0 Å². The number of amides is 2. The van der Waals surface area contributed by atoms with Gasteiger partial charge in [0.05, 0.1) is 6.04 Å². The monoisotopic (exact) mass is 249 g/mol. The molecule has 1 atom stereocenters. The molecule has 5 heteroatoms. The molecule has 0 aliphatic carbocycles. The highest BCUT2D eigenvalue weighted by atomic mass is 16.2. The lowest BCUT2D eigenvalue weighted by Crippen LogP contribution is -2.35. The first-order valence-electron chi connectivity index (χ1n) is 5.80. The second kappa shape index (κ2) is 6.16. The Bertz CT molecular complexity index is 458. The quantitative estimate of drug-likeness (QED) is 0.757. The van der Waals surface area contributed by atoms with Crippen LogP contribution in [-0.4, -0.2) is 24.9 Å². The Morgan fingerprint density at radius 3 is 2.39 bits per heavy atom. The molecule has 0 saturated carbocycles. The van der Waals surface area contributed by atoms with E-state index in [1.807, 2.05) is 13.0 Å². The average molecular weight is 249 g/mol. The summed E-state index contributed by atoms with van der Waals surface area (Å²) in [5.41, 5.74) is 2.37. The summed E-state index contributed by atoms with van der Waals surface area (Å²) in [6.07, 6.45) is 0. The van der Waals surface area contributed by atoms with Crippen molar-refractivity contribution in [3.8, 4) is 0 Å². The fourth-order valence-corrected chi connectivity index (χ4v) is 1.45. The first-order chi connectivity index (χ1) is 8.43. The molecule has 1 unspecified atom stereocenters. The highest BCUT2D eigenvalue weighted by Crippen LogP contribution is 2.19. The van der Waals surface area contributed by atoms with Gasteiger partial charge in [-0.2, -0.15) is 0 Å². The van der Waals surface area contributed by atoms with E-state index < -0.39 is 0 Å². The summed E-state index contributed by atoms with van der Waals surface area (Å²) in [4.78, 5) is 22.6. The third kappa shape index (κ3) is 3.85. The van der Waals surface area contributed by atoms with Crippen molar-refractivity contribution in [2.45, 2.75) is 26.8 Å². The zero-order valence-electron chi connectivity index (χ0n) is 11.1. The topological polar surface area (TPSA) is 70.2 Å². The molecular weight excluding hydrogens is 230 g/mol. The maximum Gasteiger partial charge on any atom is 0.241 e. The summed E-state index contributed by atoms with van der Waals surface area (Å²) in [5, 5.41) is 8.39. The molecule has 3 N–H and O–H groups in total. The van der Waals surface area contributed by atoms with Crippen LogP contribution in [0.5, 0.6) is 0 Å². The van der Waals surface area contributed by atoms with Gasteiger partial charge in [-0.1, -0.05) is 0 Å². The van der Waals surface area contributed by atoms with Gasteiger partial charge in [0.25, 0.3) is 0 Å². The number of carbonyl (C=O) groups excluding carboxylic acids is 2. The summed E-state index contributed by atoms with van der Waals surface area (Å²) in [6, 6.07) is 5.11. The molecular formula is C13H19N3O2. The van der Waals surface area contributed by atoms with Crippen LogP contribution in [0.1, 0.15) is 19.4 Å². The van der Waals surface area contributed by atoms with Crippen molar-refractivity contribution in [1.82, 2.24) is 5.32 Å². The second-order valence-electron chi connectivity index (χ2n) is 4.21.